The van der Waals surface area contributed by atoms with Crippen molar-refractivity contribution in [3.8, 4) is 0 Å². The van der Waals surface area contributed by atoms with Crippen molar-refractivity contribution in [1.29, 1.82) is 0 Å². The van der Waals surface area contributed by atoms with Gasteiger partial charge < -0.3 is 10.2 Å². The van der Waals surface area contributed by atoms with Gasteiger partial charge in [-0.05, 0) is 44.2 Å². The molecule has 0 aromatic heterocycles. The minimum Gasteiger partial charge on any atom is -0.381 e. The third-order valence-corrected chi connectivity index (χ3v) is 3.96. The van der Waals surface area contributed by atoms with Gasteiger partial charge in [-0.15, -0.1) is 0 Å². The number of nitro groups is 2. The van der Waals surface area contributed by atoms with Crippen LogP contribution in [0.2, 0.25) is 0 Å². The SMILES string of the molecule is CCN(CC)c1ccc(NCc2ccc([N+](=O)[O-])cc2[N+](=O)[O-])cc1. The first-order valence-corrected chi connectivity index (χ1v) is 7.96. The van der Waals surface area contributed by atoms with E-state index in [1.165, 1.54) is 12.1 Å². The number of hydrogen-bond donors (Lipinski definition) is 1. The van der Waals surface area contributed by atoms with Crippen molar-refractivity contribution in [2.75, 3.05) is 23.3 Å². The number of anilines is 2. The Bertz CT molecular complexity index is 758. The third kappa shape index (κ3) is 4.43. The predicted molar refractivity (Wildman–Crippen MR) is 97.1 cm³/mol. The van der Waals surface area contributed by atoms with Gasteiger partial charge in [-0.3, -0.25) is 20.2 Å². The van der Waals surface area contributed by atoms with Crippen LogP contribution in [-0.2, 0) is 6.54 Å². The predicted octanol–water partition coefficient (Wildman–Crippen LogP) is 3.96. The van der Waals surface area contributed by atoms with E-state index in [4.69, 9.17) is 0 Å². The van der Waals surface area contributed by atoms with Gasteiger partial charge in [-0.1, -0.05) is 0 Å². The summed E-state index contributed by atoms with van der Waals surface area (Å²) in [6.07, 6.45) is 0. The largest absolute Gasteiger partial charge is 0.381 e. The van der Waals surface area contributed by atoms with E-state index in [9.17, 15) is 20.2 Å². The van der Waals surface area contributed by atoms with Crippen LogP contribution >= 0.6 is 0 Å². The van der Waals surface area contributed by atoms with Crippen LogP contribution in [0, 0.1) is 20.2 Å². The second-order valence-corrected chi connectivity index (χ2v) is 5.40. The van der Waals surface area contributed by atoms with Crippen molar-refractivity contribution in [1.82, 2.24) is 0 Å². The smallest absolute Gasteiger partial charge is 0.281 e. The lowest BCUT2D eigenvalue weighted by molar-refractivity contribution is -0.394. The summed E-state index contributed by atoms with van der Waals surface area (Å²) >= 11 is 0. The molecule has 8 nitrogen and oxygen atoms in total. The molecule has 25 heavy (non-hydrogen) atoms. The maximum atomic E-state index is 11.1. The maximum absolute atomic E-state index is 11.1. The Morgan fingerprint density at radius 1 is 0.960 bits per heavy atom. The topological polar surface area (TPSA) is 102 Å². The summed E-state index contributed by atoms with van der Waals surface area (Å²) < 4.78 is 0. The van der Waals surface area contributed by atoms with Crippen molar-refractivity contribution < 1.29 is 9.85 Å². The van der Waals surface area contributed by atoms with Crippen LogP contribution in [0.4, 0.5) is 22.7 Å². The van der Waals surface area contributed by atoms with Crippen molar-refractivity contribution in [2.24, 2.45) is 0 Å². The number of rotatable bonds is 8. The van der Waals surface area contributed by atoms with E-state index in [1.807, 2.05) is 24.3 Å². The number of non-ortho nitro benzene ring substituents is 1. The Morgan fingerprint density at radius 3 is 2.12 bits per heavy atom. The van der Waals surface area contributed by atoms with Crippen molar-refractivity contribution in [3.63, 3.8) is 0 Å². The molecule has 0 amide bonds. The molecule has 0 aliphatic carbocycles. The Morgan fingerprint density at radius 2 is 1.60 bits per heavy atom. The summed E-state index contributed by atoms with van der Waals surface area (Å²) in [5.41, 5.74) is 1.77. The molecule has 0 unspecified atom stereocenters. The molecule has 0 aliphatic heterocycles. The third-order valence-electron chi connectivity index (χ3n) is 3.96. The molecule has 0 spiro atoms. The Labute approximate surface area is 145 Å². The van der Waals surface area contributed by atoms with Crippen molar-refractivity contribution in [3.05, 3.63) is 68.3 Å². The summed E-state index contributed by atoms with van der Waals surface area (Å²) in [5, 5.41) is 25.0. The number of benzene rings is 2. The highest BCUT2D eigenvalue weighted by Gasteiger charge is 2.19. The van der Waals surface area contributed by atoms with Crippen molar-refractivity contribution >= 4 is 22.7 Å². The molecule has 0 saturated heterocycles. The highest BCUT2D eigenvalue weighted by atomic mass is 16.6. The molecular formula is C17H20N4O4. The Balaban J connectivity index is 2.13. The first kappa shape index (κ1) is 18.2. The second-order valence-electron chi connectivity index (χ2n) is 5.40. The minimum absolute atomic E-state index is 0.207. The number of nitrogens with zero attached hydrogens (tertiary/aromatic N) is 3. The molecule has 2 aromatic carbocycles. The molecule has 132 valence electrons. The molecule has 0 aliphatic rings. The standard InChI is InChI=1S/C17H20N4O4/c1-3-19(4-2)15-9-6-14(7-10-15)18-12-13-5-8-16(20(22)23)11-17(13)21(24)25/h5-11,18H,3-4,12H2,1-2H3. The molecular weight excluding hydrogens is 324 g/mol. The molecule has 0 bridgehead atoms. The van der Waals surface area contributed by atoms with Gasteiger partial charge in [0.25, 0.3) is 11.4 Å². The van der Waals surface area contributed by atoms with E-state index in [-0.39, 0.29) is 17.9 Å². The van der Waals surface area contributed by atoms with E-state index in [0.717, 1.165) is 30.5 Å². The van der Waals surface area contributed by atoms with Crippen LogP contribution in [0.25, 0.3) is 0 Å². The van der Waals surface area contributed by atoms with Crippen LogP contribution in [0.1, 0.15) is 19.4 Å². The molecule has 0 saturated carbocycles. The second kappa shape index (κ2) is 8.09. The summed E-state index contributed by atoms with van der Waals surface area (Å²) in [6.45, 7) is 6.21. The van der Waals surface area contributed by atoms with Crippen LogP contribution < -0.4 is 10.2 Å². The first-order valence-electron chi connectivity index (χ1n) is 7.96. The normalized spacial score (nSPS) is 10.3. The van der Waals surface area contributed by atoms with Gasteiger partial charge in [0, 0.05) is 42.6 Å². The fourth-order valence-electron chi connectivity index (χ4n) is 2.56. The van der Waals surface area contributed by atoms with E-state index in [0.29, 0.717) is 5.56 Å². The van der Waals surface area contributed by atoms with Gasteiger partial charge in [0.2, 0.25) is 0 Å². The van der Waals surface area contributed by atoms with Gasteiger partial charge in [-0.2, -0.15) is 0 Å². The summed E-state index contributed by atoms with van der Waals surface area (Å²) in [5.74, 6) is 0. The minimum atomic E-state index is -0.643. The van der Waals surface area contributed by atoms with Gasteiger partial charge in [0.15, 0.2) is 0 Å². The molecule has 2 aromatic rings. The molecule has 8 heteroatoms. The van der Waals surface area contributed by atoms with Gasteiger partial charge in [0.1, 0.15) is 0 Å². The monoisotopic (exact) mass is 344 g/mol. The van der Waals surface area contributed by atoms with E-state index >= 15 is 0 Å². The highest BCUT2D eigenvalue weighted by Crippen LogP contribution is 2.26. The average Bonchev–Trinajstić information content (AvgIpc) is 2.61. The fraction of sp³-hybridized carbons (Fsp3) is 0.294. The van der Waals surface area contributed by atoms with Crippen molar-refractivity contribution in [2.45, 2.75) is 20.4 Å². The van der Waals surface area contributed by atoms with Gasteiger partial charge in [-0.25, -0.2) is 0 Å². The van der Waals surface area contributed by atoms with Crippen LogP contribution in [0.15, 0.2) is 42.5 Å². The number of hydrogen-bond acceptors (Lipinski definition) is 6. The maximum Gasteiger partial charge on any atom is 0.281 e. The zero-order valence-corrected chi connectivity index (χ0v) is 14.1. The zero-order chi connectivity index (χ0) is 18.4. The Hall–Kier alpha value is -3.16. The molecule has 2 rings (SSSR count). The van der Waals surface area contributed by atoms with E-state index < -0.39 is 9.85 Å². The van der Waals surface area contributed by atoms with Crippen LogP contribution in [0.5, 0.6) is 0 Å². The molecule has 0 heterocycles. The van der Waals surface area contributed by atoms with Gasteiger partial charge >= 0.3 is 0 Å². The van der Waals surface area contributed by atoms with Crippen LogP contribution in [0.3, 0.4) is 0 Å². The summed E-state index contributed by atoms with van der Waals surface area (Å²) in [6, 6.07) is 11.5. The molecule has 0 atom stereocenters. The average molecular weight is 344 g/mol. The molecule has 1 N–H and O–H groups in total. The lowest BCUT2D eigenvalue weighted by Crippen LogP contribution is -2.21. The summed E-state index contributed by atoms with van der Waals surface area (Å²) in [4.78, 5) is 22.9. The zero-order valence-electron chi connectivity index (χ0n) is 14.1. The Kier molecular flexibility index (Phi) is 5.89. The lowest BCUT2D eigenvalue weighted by Gasteiger charge is -2.21. The van der Waals surface area contributed by atoms with Crippen LogP contribution in [-0.4, -0.2) is 22.9 Å². The van der Waals surface area contributed by atoms with E-state index in [2.05, 4.69) is 24.1 Å². The first-order chi connectivity index (χ1) is 12.0. The summed E-state index contributed by atoms with van der Waals surface area (Å²) in [7, 11) is 0. The molecule has 0 radical (unpaired) electrons. The number of nitrogens with one attached hydrogen (secondary N) is 1. The highest BCUT2D eigenvalue weighted by molar-refractivity contribution is 5.56. The van der Waals surface area contributed by atoms with Gasteiger partial charge in [0.05, 0.1) is 15.9 Å². The fourth-order valence-corrected chi connectivity index (χ4v) is 2.56. The van der Waals surface area contributed by atoms with E-state index in [1.54, 1.807) is 0 Å². The lowest BCUT2D eigenvalue weighted by atomic mass is 10.1. The number of nitro benzene ring substituents is 2. The molecule has 0 fully saturated rings. The quantitative estimate of drug-likeness (QED) is 0.574.